The van der Waals surface area contributed by atoms with Crippen LogP contribution in [0.4, 0.5) is 10.5 Å². The molecule has 0 saturated carbocycles. The third-order valence-corrected chi connectivity index (χ3v) is 3.87. The maximum Gasteiger partial charge on any atom is 0.326 e. The van der Waals surface area contributed by atoms with Crippen LogP contribution < -0.4 is 25.4 Å². The summed E-state index contributed by atoms with van der Waals surface area (Å²) in [7, 11) is 0. The maximum atomic E-state index is 11.9. The zero-order valence-electron chi connectivity index (χ0n) is 13.8. The molecule has 0 radical (unpaired) electrons. The van der Waals surface area contributed by atoms with Gasteiger partial charge in [0.05, 0.1) is 0 Å². The van der Waals surface area contributed by atoms with Crippen molar-refractivity contribution in [3.05, 3.63) is 54.1 Å². The van der Waals surface area contributed by atoms with E-state index in [1.807, 2.05) is 42.6 Å². The van der Waals surface area contributed by atoms with Crippen LogP contribution in [0.25, 0.3) is 0 Å². The minimum atomic E-state index is -0.579. The monoisotopic (exact) mass is 342 g/mol. The van der Waals surface area contributed by atoms with Gasteiger partial charge in [0.25, 0.3) is 5.91 Å². The van der Waals surface area contributed by atoms with Crippen molar-refractivity contribution in [2.45, 2.75) is 13.0 Å². The Bertz CT molecular complexity index is 764. The second kappa shape index (κ2) is 7.67. The number of carbonyl (C=O) groups excluding carboxylic acids is 2. The van der Waals surface area contributed by atoms with Gasteiger partial charge in [0.15, 0.2) is 18.0 Å². The summed E-state index contributed by atoms with van der Waals surface area (Å²) in [6, 6.07) is 14.5. The molecule has 0 unspecified atom stereocenters. The molecule has 7 nitrogen and oxygen atoms in total. The van der Waals surface area contributed by atoms with Gasteiger partial charge in [0, 0.05) is 17.3 Å². The van der Waals surface area contributed by atoms with E-state index >= 15 is 0 Å². The quantitative estimate of drug-likeness (QED) is 0.765. The number of carbonyl (C=O) groups is 2. The van der Waals surface area contributed by atoms with Crippen LogP contribution in [0.1, 0.15) is 18.5 Å². The number of hydrogen-bond donors (Lipinski definition) is 3. The van der Waals surface area contributed by atoms with Crippen LogP contribution in [0, 0.1) is 0 Å². The molecule has 0 aliphatic carbocycles. The van der Waals surface area contributed by atoms with E-state index in [-0.39, 0.29) is 25.3 Å². The first-order valence-electron chi connectivity index (χ1n) is 8.00. The summed E-state index contributed by atoms with van der Waals surface area (Å²) < 4.78 is 10.4. The van der Waals surface area contributed by atoms with Gasteiger partial charge < -0.3 is 20.1 Å². The van der Waals surface area contributed by atoms with Gasteiger partial charge in [-0.15, -0.1) is 0 Å². The number of benzene rings is 2. The summed E-state index contributed by atoms with van der Waals surface area (Å²) in [6.07, 6.45) is 0. The minimum Gasteiger partial charge on any atom is -0.454 e. The highest BCUT2D eigenvalue weighted by atomic mass is 16.7. The third-order valence-electron chi connectivity index (χ3n) is 3.87. The molecule has 3 rings (SSSR count). The van der Waals surface area contributed by atoms with Gasteiger partial charge in [-0.05, 0) is 19.1 Å². The number of nitrogens with two attached hydrogens (primary N) is 1. The van der Waals surface area contributed by atoms with E-state index < -0.39 is 6.03 Å². The first kappa shape index (κ1) is 16.8. The van der Waals surface area contributed by atoms with Gasteiger partial charge in [-0.3, -0.25) is 10.1 Å². The molecule has 1 aliphatic rings. The number of ether oxygens (including phenoxy) is 2. The largest absolute Gasteiger partial charge is 0.454 e. The van der Waals surface area contributed by atoms with E-state index in [1.54, 1.807) is 18.2 Å². The van der Waals surface area contributed by atoms with Gasteiger partial charge >= 0.3 is 6.03 Å². The van der Waals surface area contributed by atoms with Crippen molar-refractivity contribution in [3.63, 3.8) is 0 Å². The lowest BCUT2D eigenvalue weighted by molar-refractivity contribution is -0.682. The Morgan fingerprint density at radius 2 is 1.88 bits per heavy atom. The molecule has 25 heavy (non-hydrogen) atoms. The first-order valence-corrected chi connectivity index (χ1v) is 8.00. The summed E-state index contributed by atoms with van der Waals surface area (Å²) in [5.74, 6) is 0.835. The van der Waals surface area contributed by atoms with Crippen LogP contribution in [0.15, 0.2) is 48.5 Å². The number of quaternary nitrogens is 1. The van der Waals surface area contributed by atoms with Crippen molar-refractivity contribution >= 4 is 17.6 Å². The lowest BCUT2D eigenvalue weighted by Crippen LogP contribution is -2.87. The van der Waals surface area contributed by atoms with Gasteiger partial charge in [0.1, 0.15) is 6.04 Å². The minimum absolute atomic E-state index is 0.129. The number of hydrogen-bond acceptors (Lipinski definition) is 4. The van der Waals surface area contributed by atoms with Gasteiger partial charge in [-0.2, -0.15) is 0 Å². The van der Waals surface area contributed by atoms with Crippen LogP contribution in [0.5, 0.6) is 11.5 Å². The van der Waals surface area contributed by atoms with Crippen molar-refractivity contribution < 1.29 is 24.4 Å². The molecule has 1 atom stereocenters. The Balaban J connectivity index is 1.45. The molecule has 7 heteroatoms. The molecule has 1 heterocycles. The SMILES string of the molecule is C[C@@H]([NH2+]CC(=O)NC(=O)Nc1ccc2c(c1)OCO2)c1ccccc1. The first-order chi connectivity index (χ1) is 12.1. The van der Waals surface area contributed by atoms with Gasteiger partial charge in [-0.25, -0.2) is 4.79 Å². The Morgan fingerprint density at radius 1 is 1.12 bits per heavy atom. The standard InChI is InChI=1S/C18H19N3O4/c1-12(13-5-3-2-4-6-13)19-10-17(22)21-18(23)20-14-7-8-15-16(9-14)25-11-24-15/h2-9,12,19H,10-11H2,1H3,(H2,20,21,22,23)/p+1/t12-/m1/s1. The average Bonchev–Trinajstić information content (AvgIpc) is 3.08. The second-order valence-electron chi connectivity index (χ2n) is 5.71. The smallest absolute Gasteiger partial charge is 0.326 e. The zero-order valence-corrected chi connectivity index (χ0v) is 13.8. The number of rotatable bonds is 5. The van der Waals surface area contributed by atoms with Gasteiger partial charge in [0.2, 0.25) is 6.79 Å². The lowest BCUT2D eigenvalue weighted by Gasteiger charge is -2.11. The summed E-state index contributed by atoms with van der Waals surface area (Å²) in [6.45, 7) is 2.33. The topological polar surface area (TPSA) is 93.3 Å². The number of fused-ring (bicyclic) bond motifs is 1. The lowest BCUT2D eigenvalue weighted by atomic mass is 10.1. The molecule has 3 amide bonds. The van der Waals surface area contributed by atoms with E-state index in [4.69, 9.17) is 9.47 Å². The Hall–Kier alpha value is -3.06. The van der Waals surface area contributed by atoms with Crippen molar-refractivity contribution in [2.75, 3.05) is 18.7 Å². The Labute approximate surface area is 145 Å². The summed E-state index contributed by atoms with van der Waals surface area (Å²) in [4.78, 5) is 23.8. The summed E-state index contributed by atoms with van der Waals surface area (Å²) in [5, 5.41) is 6.79. The van der Waals surface area contributed by atoms with E-state index in [2.05, 4.69) is 10.6 Å². The fraction of sp³-hybridized carbons (Fsp3) is 0.222. The normalized spacial score (nSPS) is 13.2. The van der Waals surface area contributed by atoms with Crippen molar-refractivity contribution in [2.24, 2.45) is 0 Å². The van der Waals surface area contributed by atoms with E-state index in [0.29, 0.717) is 17.2 Å². The molecule has 2 aromatic rings. The highest BCUT2D eigenvalue weighted by Gasteiger charge is 2.16. The van der Waals surface area contributed by atoms with E-state index in [1.165, 1.54) is 0 Å². The second-order valence-corrected chi connectivity index (χ2v) is 5.71. The maximum absolute atomic E-state index is 11.9. The van der Waals surface area contributed by atoms with Crippen molar-refractivity contribution in [1.82, 2.24) is 5.32 Å². The molecule has 4 N–H and O–H groups in total. The van der Waals surface area contributed by atoms with Crippen molar-refractivity contribution in [1.29, 1.82) is 0 Å². The van der Waals surface area contributed by atoms with E-state index in [0.717, 1.165) is 5.56 Å². The number of urea groups is 1. The van der Waals surface area contributed by atoms with Gasteiger partial charge in [-0.1, -0.05) is 30.3 Å². The summed E-state index contributed by atoms with van der Waals surface area (Å²) >= 11 is 0. The molecule has 1 aliphatic heterocycles. The van der Waals surface area contributed by atoms with Crippen LogP contribution in [0.3, 0.4) is 0 Å². The molecule has 0 saturated heterocycles. The number of nitrogens with one attached hydrogen (secondary N) is 2. The highest BCUT2D eigenvalue weighted by molar-refractivity contribution is 6.01. The Kier molecular flexibility index (Phi) is 5.15. The van der Waals surface area contributed by atoms with Crippen molar-refractivity contribution in [3.8, 4) is 11.5 Å². The van der Waals surface area contributed by atoms with Crippen LogP contribution in [-0.2, 0) is 4.79 Å². The summed E-state index contributed by atoms with van der Waals surface area (Å²) in [5.41, 5.74) is 1.65. The highest BCUT2D eigenvalue weighted by Crippen LogP contribution is 2.34. The molecule has 0 fully saturated rings. The number of anilines is 1. The van der Waals surface area contributed by atoms with Crippen LogP contribution >= 0.6 is 0 Å². The molecule has 0 spiro atoms. The number of amides is 3. The van der Waals surface area contributed by atoms with E-state index in [9.17, 15) is 9.59 Å². The predicted octanol–water partition coefficient (Wildman–Crippen LogP) is 1.39. The fourth-order valence-corrected chi connectivity index (χ4v) is 2.49. The zero-order chi connectivity index (χ0) is 17.6. The molecule has 0 aromatic heterocycles. The van der Waals surface area contributed by atoms with Crippen LogP contribution in [0.2, 0.25) is 0 Å². The third kappa shape index (κ3) is 4.48. The molecule has 0 bridgehead atoms. The van der Waals surface area contributed by atoms with Crippen LogP contribution in [-0.4, -0.2) is 25.3 Å². The molecule has 2 aromatic carbocycles. The average molecular weight is 342 g/mol. The predicted molar refractivity (Wildman–Crippen MR) is 91.4 cm³/mol. The molecule has 130 valence electrons. The fourth-order valence-electron chi connectivity index (χ4n) is 2.49. The number of imide groups is 1. The Morgan fingerprint density at radius 3 is 2.68 bits per heavy atom. The molecular formula is C18H20N3O4+. The molecular weight excluding hydrogens is 322 g/mol.